The Kier molecular flexibility index (Phi) is 5.04. The molecule has 1 amide bonds. The van der Waals surface area contributed by atoms with Crippen LogP contribution in [-0.4, -0.2) is 17.0 Å². The number of halogens is 1. The molecule has 114 valence electrons. The van der Waals surface area contributed by atoms with E-state index in [0.29, 0.717) is 12.8 Å². The molecule has 0 aromatic heterocycles. The van der Waals surface area contributed by atoms with Gasteiger partial charge in [0.15, 0.2) is 0 Å². The van der Waals surface area contributed by atoms with Crippen LogP contribution in [0.1, 0.15) is 38.3 Å². The molecule has 1 fully saturated rings. The van der Waals surface area contributed by atoms with Gasteiger partial charge in [-0.1, -0.05) is 35.0 Å². The van der Waals surface area contributed by atoms with Gasteiger partial charge in [-0.2, -0.15) is 0 Å². The maximum absolute atomic E-state index is 12.4. The largest absolute Gasteiger partial charge is 0.481 e. The summed E-state index contributed by atoms with van der Waals surface area (Å²) in [6, 6.07) is 7.61. The third kappa shape index (κ3) is 3.84. The smallest absolute Gasteiger partial charge is 0.307 e. The zero-order chi connectivity index (χ0) is 15.6. The van der Waals surface area contributed by atoms with E-state index in [4.69, 9.17) is 0 Å². The summed E-state index contributed by atoms with van der Waals surface area (Å²) >= 11 is 3.41. The summed E-state index contributed by atoms with van der Waals surface area (Å²) in [6.07, 6.45) is 1.23. The average molecular weight is 354 g/mol. The van der Waals surface area contributed by atoms with Crippen LogP contribution in [0, 0.1) is 17.8 Å². The molecule has 0 spiro atoms. The Bertz CT molecular complexity index is 546. The van der Waals surface area contributed by atoms with Gasteiger partial charge in [0.2, 0.25) is 5.91 Å². The first kappa shape index (κ1) is 16.0. The van der Waals surface area contributed by atoms with E-state index in [9.17, 15) is 14.7 Å². The van der Waals surface area contributed by atoms with E-state index in [0.717, 1.165) is 10.0 Å². The van der Waals surface area contributed by atoms with Crippen molar-refractivity contribution in [3.63, 3.8) is 0 Å². The Morgan fingerprint density at radius 3 is 2.62 bits per heavy atom. The van der Waals surface area contributed by atoms with Gasteiger partial charge in [-0.05, 0) is 43.4 Å². The standard InChI is InChI=1S/C16H20BrNO3/c1-9-6-13(14(7-9)16(20)21)15(19)18-10(2)11-4-3-5-12(17)8-11/h3-5,8-10,13-14H,6-7H2,1-2H3,(H,18,19)(H,20,21)/t9?,10?,13-,14+/m0/s1. The molecule has 0 saturated heterocycles. The van der Waals surface area contributed by atoms with Crippen molar-refractivity contribution in [1.82, 2.24) is 5.32 Å². The van der Waals surface area contributed by atoms with E-state index in [1.807, 2.05) is 38.1 Å². The molecule has 1 aliphatic rings. The molecule has 1 saturated carbocycles. The fourth-order valence-electron chi connectivity index (χ4n) is 3.03. The van der Waals surface area contributed by atoms with Gasteiger partial charge in [0.1, 0.15) is 0 Å². The number of hydrogen-bond donors (Lipinski definition) is 2. The first-order valence-electron chi connectivity index (χ1n) is 7.17. The van der Waals surface area contributed by atoms with Crippen LogP contribution >= 0.6 is 15.9 Å². The first-order chi connectivity index (χ1) is 9.88. The number of carboxylic acids is 1. The normalized spacial score (nSPS) is 26.3. The Morgan fingerprint density at radius 1 is 1.33 bits per heavy atom. The Morgan fingerprint density at radius 2 is 2.00 bits per heavy atom. The van der Waals surface area contributed by atoms with Crippen molar-refractivity contribution in [2.24, 2.45) is 17.8 Å². The number of rotatable bonds is 4. The highest BCUT2D eigenvalue weighted by atomic mass is 79.9. The SMILES string of the molecule is CC1C[C@H](C(=O)NC(C)c2cccc(Br)c2)[C@H](C(=O)O)C1. The van der Waals surface area contributed by atoms with Gasteiger partial charge >= 0.3 is 5.97 Å². The van der Waals surface area contributed by atoms with E-state index >= 15 is 0 Å². The summed E-state index contributed by atoms with van der Waals surface area (Å²) in [7, 11) is 0. The Labute approximate surface area is 133 Å². The maximum atomic E-state index is 12.4. The van der Waals surface area contributed by atoms with Crippen LogP contribution in [0.25, 0.3) is 0 Å². The zero-order valence-electron chi connectivity index (χ0n) is 12.2. The van der Waals surface area contributed by atoms with Crippen LogP contribution in [0.3, 0.4) is 0 Å². The van der Waals surface area contributed by atoms with Crippen molar-refractivity contribution in [3.05, 3.63) is 34.3 Å². The fraction of sp³-hybridized carbons (Fsp3) is 0.500. The summed E-state index contributed by atoms with van der Waals surface area (Å²) < 4.78 is 0.957. The highest BCUT2D eigenvalue weighted by molar-refractivity contribution is 9.10. The second-order valence-electron chi connectivity index (χ2n) is 5.91. The minimum absolute atomic E-state index is 0.139. The second kappa shape index (κ2) is 6.60. The summed E-state index contributed by atoms with van der Waals surface area (Å²) in [5.74, 6) is -1.72. The second-order valence-corrected chi connectivity index (χ2v) is 6.83. The molecule has 21 heavy (non-hydrogen) atoms. The van der Waals surface area contributed by atoms with Gasteiger partial charge in [0.25, 0.3) is 0 Å². The molecule has 4 atom stereocenters. The third-order valence-electron chi connectivity index (χ3n) is 4.16. The number of nitrogens with one attached hydrogen (secondary N) is 1. The molecule has 1 aliphatic carbocycles. The first-order valence-corrected chi connectivity index (χ1v) is 7.96. The maximum Gasteiger partial charge on any atom is 0.307 e. The van der Waals surface area contributed by atoms with Crippen molar-refractivity contribution < 1.29 is 14.7 Å². The molecule has 1 aromatic rings. The average Bonchev–Trinajstić information content (AvgIpc) is 2.81. The van der Waals surface area contributed by atoms with E-state index in [2.05, 4.69) is 21.2 Å². The lowest BCUT2D eigenvalue weighted by Crippen LogP contribution is -2.36. The highest BCUT2D eigenvalue weighted by Gasteiger charge is 2.41. The number of carbonyl (C=O) groups is 2. The van der Waals surface area contributed by atoms with E-state index in [-0.39, 0.29) is 17.9 Å². The van der Waals surface area contributed by atoms with Crippen molar-refractivity contribution in [3.8, 4) is 0 Å². The highest BCUT2D eigenvalue weighted by Crippen LogP contribution is 2.37. The number of hydrogen-bond acceptors (Lipinski definition) is 2. The van der Waals surface area contributed by atoms with Gasteiger partial charge in [0, 0.05) is 4.47 Å². The number of carbonyl (C=O) groups excluding carboxylic acids is 1. The quantitative estimate of drug-likeness (QED) is 0.871. The molecule has 1 aromatic carbocycles. The molecule has 2 unspecified atom stereocenters. The lowest BCUT2D eigenvalue weighted by atomic mass is 9.94. The summed E-state index contributed by atoms with van der Waals surface area (Å²) in [5, 5.41) is 12.2. The molecule has 0 heterocycles. The topological polar surface area (TPSA) is 66.4 Å². The number of benzene rings is 1. The van der Waals surface area contributed by atoms with Gasteiger partial charge in [-0.25, -0.2) is 0 Å². The monoisotopic (exact) mass is 353 g/mol. The van der Waals surface area contributed by atoms with Gasteiger partial charge in [-0.15, -0.1) is 0 Å². The predicted molar refractivity (Wildman–Crippen MR) is 83.7 cm³/mol. The lowest BCUT2D eigenvalue weighted by molar-refractivity contribution is -0.146. The molecule has 2 N–H and O–H groups in total. The molecule has 2 rings (SSSR count). The van der Waals surface area contributed by atoms with E-state index in [1.165, 1.54) is 0 Å². The fourth-order valence-corrected chi connectivity index (χ4v) is 3.45. The van der Waals surface area contributed by atoms with Crippen molar-refractivity contribution >= 4 is 27.8 Å². The van der Waals surface area contributed by atoms with Crippen molar-refractivity contribution in [1.29, 1.82) is 0 Å². The summed E-state index contributed by atoms with van der Waals surface area (Å²) in [6.45, 7) is 3.91. The minimum atomic E-state index is -0.866. The van der Waals surface area contributed by atoms with Crippen LogP contribution in [-0.2, 0) is 9.59 Å². The summed E-state index contributed by atoms with van der Waals surface area (Å²) in [4.78, 5) is 23.7. The van der Waals surface area contributed by atoms with Crippen LogP contribution in [0.4, 0.5) is 0 Å². The molecule has 0 bridgehead atoms. The molecule has 0 aliphatic heterocycles. The summed E-state index contributed by atoms with van der Waals surface area (Å²) in [5.41, 5.74) is 0.996. The lowest BCUT2D eigenvalue weighted by Gasteiger charge is -2.20. The number of carboxylic acid groups (broad SMARTS) is 1. The van der Waals surface area contributed by atoms with Crippen molar-refractivity contribution in [2.75, 3.05) is 0 Å². The molecular formula is C16H20BrNO3. The van der Waals surface area contributed by atoms with E-state index < -0.39 is 17.8 Å². The molecule has 5 heteroatoms. The molecule has 0 radical (unpaired) electrons. The van der Waals surface area contributed by atoms with Gasteiger partial charge in [0.05, 0.1) is 17.9 Å². The van der Waals surface area contributed by atoms with Crippen molar-refractivity contribution in [2.45, 2.75) is 32.7 Å². The zero-order valence-corrected chi connectivity index (χ0v) is 13.8. The number of amides is 1. The van der Waals surface area contributed by atoms with E-state index in [1.54, 1.807) is 0 Å². The minimum Gasteiger partial charge on any atom is -0.481 e. The van der Waals surface area contributed by atoms with Gasteiger partial charge < -0.3 is 10.4 Å². The number of aliphatic carboxylic acids is 1. The molecular weight excluding hydrogens is 334 g/mol. The van der Waals surface area contributed by atoms with Gasteiger partial charge in [-0.3, -0.25) is 9.59 Å². The Balaban J connectivity index is 2.05. The molecule has 4 nitrogen and oxygen atoms in total. The third-order valence-corrected chi connectivity index (χ3v) is 4.65. The van der Waals surface area contributed by atoms with Crippen LogP contribution in [0.2, 0.25) is 0 Å². The van der Waals surface area contributed by atoms with Crippen LogP contribution in [0.15, 0.2) is 28.7 Å². The Hall–Kier alpha value is -1.36. The predicted octanol–water partition coefficient (Wildman–Crippen LogP) is 3.37. The van der Waals surface area contributed by atoms with Crippen LogP contribution in [0.5, 0.6) is 0 Å². The van der Waals surface area contributed by atoms with Crippen LogP contribution < -0.4 is 5.32 Å².